The summed E-state index contributed by atoms with van der Waals surface area (Å²) < 4.78 is 10.1. The van der Waals surface area contributed by atoms with Crippen LogP contribution in [-0.4, -0.2) is 79.7 Å². The average molecular weight is 498 g/mol. The van der Waals surface area contributed by atoms with Gasteiger partial charge in [0.1, 0.15) is 12.1 Å². The molecule has 182 valence electrons. The molecule has 0 radical (unpaired) electrons. The normalized spacial score (nSPS) is 16.4. The van der Waals surface area contributed by atoms with Crippen LogP contribution < -0.4 is 15.5 Å². The molecular formula is C22H31N3O6S2. The van der Waals surface area contributed by atoms with Crippen molar-refractivity contribution in [2.75, 3.05) is 48.7 Å². The number of urea groups is 1. The Hall–Kier alpha value is -2.40. The van der Waals surface area contributed by atoms with Gasteiger partial charge in [0.25, 0.3) is 0 Å². The van der Waals surface area contributed by atoms with Crippen molar-refractivity contribution < 1.29 is 28.7 Å². The van der Waals surface area contributed by atoms with Crippen LogP contribution in [0.1, 0.15) is 25.3 Å². The Labute approximate surface area is 202 Å². The zero-order chi connectivity index (χ0) is 24.4. The second kappa shape index (κ2) is 13.3. The van der Waals surface area contributed by atoms with Crippen LogP contribution in [0.2, 0.25) is 0 Å². The van der Waals surface area contributed by atoms with Gasteiger partial charge in [-0.05, 0) is 38.0 Å². The van der Waals surface area contributed by atoms with Gasteiger partial charge in [0.2, 0.25) is 5.91 Å². The summed E-state index contributed by atoms with van der Waals surface area (Å²) in [5.74, 6) is -1.28. The van der Waals surface area contributed by atoms with E-state index in [0.29, 0.717) is 22.8 Å². The summed E-state index contributed by atoms with van der Waals surface area (Å²) in [6.07, 6.45) is 3.67. The molecule has 3 atom stereocenters. The van der Waals surface area contributed by atoms with Crippen molar-refractivity contribution in [3.63, 3.8) is 0 Å². The summed E-state index contributed by atoms with van der Waals surface area (Å²) in [5, 5.41) is 5.49. The number of hydrogen-bond donors (Lipinski definition) is 2. The number of carbonyl (C=O) groups excluding carboxylic acids is 4. The largest absolute Gasteiger partial charge is 0.464 e. The molecule has 0 fully saturated rings. The number of nitrogens with one attached hydrogen (secondary N) is 2. The molecule has 0 aliphatic carbocycles. The lowest BCUT2D eigenvalue weighted by Crippen LogP contribution is -2.50. The highest BCUT2D eigenvalue weighted by molar-refractivity contribution is 7.98. The molecule has 1 aromatic carbocycles. The summed E-state index contributed by atoms with van der Waals surface area (Å²) in [4.78, 5) is 52.1. The molecule has 0 saturated heterocycles. The minimum atomic E-state index is -0.803. The van der Waals surface area contributed by atoms with E-state index < -0.39 is 36.0 Å². The number of esters is 2. The topological polar surface area (TPSA) is 114 Å². The fraction of sp³-hybridized carbons (Fsp3) is 0.545. The zero-order valence-corrected chi connectivity index (χ0v) is 20.9. The molecule has 3 amide bonds. The Morgan fingerprint density at radius 1 is 0.970 bits per heavy atom. The number of nitrogens with zero attached hydrogens (tertiary/aromatic N) is 1. The number of amides is 3. The predicted octanol–water partition coefficient (Wildman–Crippen LogP) is 2.01. The fourth-order valence-electron chi connectivity index (χ4n) is 3.48. The van der Waals surface area contributed by atoms with E-state index in [4.69, 9.17) is 9.47 Å². The molecule has 1 aliphatic rings. The number of ether oxygens (including phenoxy) is 2. The predicted molar refractivity (Wildman–Crippen MR) is 131 cm³/mol. The number of para-hydroxylation sites is 1. The van der Waals surface area contributed by atoms with Gasteiger partial charge in [0.05, 0.1) is 19.1 Å². The van der Waals surface area contributed by atoms with Crippen LogP contribution in [0.3, 0.4) is 0 Å². The summed E-state index contributed by atoms with van der Waals surface area (Å²) in [7, 11) is 0. The van der Waals surface area contributed by atoms with Gasteiger partial charge >= 0.3 is 18.0 Å². The fourth-order valence-corrected chi connectivity index (χ4v) is 4.58. The molecule has 11 heteroatoms. The van der Waals surface area contributed by atoms with E-state index in [9.17, 15) is 19.2 Å². The summed E-state index contributed by atoms with van der Waals surface area (Å²) in [6.45, 7) is 3.93. The van der Waals surface area contributed by atoms with Gasteiger partial charge in [-0.3, -0.25) is 9.69 Å². The second-order valence-corrected chi connectivity index (χ2v) is 9.02. The number of fused-ring (bicyclic) bond motifs is 1. The standard InChI is InChI=1S/C22H31N3O6S2/c1-5-30-20(27)16(12-32-3)23-19(26)15-11-25(18-10-8-7-9-14(15)18)22(29)24-17(13-33-4)21(28)31-6-2/h7-10,15-17H,5-6,11-13H2,1-4H3,(H,23,26)(H,24,29). The molecule has 0 bridgehead atoms. The highest BCUT2D eigenvalue weighted by Crippen LogP contribution is 2.36. The molecule has 0 spiro atoms. The van der Waals surface area contributed by atoms with Crippen LogP contribution in [0.4, 0.5) is 10.5 Å². The maximum absolute atomic E-state index is 13.1. The number of rotatable bonds is 11. The lowest BCUT2D eigenvalue weighted by molar-refractivity contribution is -0.146. The molecule has 9 nitrogen and oxygen atoms in total. The van der Waals surface area contributed by atoms with Crippen LogP contribution >= 0.6 is 23.5 Å². The van der Waals surface area contributed by atoms with Gasteiger partial charge in [-0.1, -0.05) is 18.2 Å². The van der Waals surface area contributed by atoms with E-state index in [0.717, 1.165) is 0 Å². The van der Waals surface area contributed by atoms with Gasteiger partial charge < -0.3 is 20.1 Å². The monoisotopic (exact) mass is 497 g/mol. The number of carbonyl (C=O) groups is 4. The van der Waals surface area contributed by atoms with Crippen molar-refractivity contribution in [2.24, 2.45) is 0 Å². The van der Waals surface area contributed by atoms with Gasteiger partial charge in [-0.15, -0.1) is 0 Å². The first-order valence-electron chi connectivity index (χ1n) is 10.7. The van der Waals surface area contributed by atoms with Crippen molar-refractivity contribution in [2.45, 2.75) is 31.8 Å². The third kappa shape index (κ3) is 7.04. The maximum atomic E-state index is 13.1. The van der Waals surface area contributed by atoms with Gasteiger partial charge in [0, 0.05) is 23.7 Å². The Morgan fingerprint density at radius 3 is 2.06 bits per heavy atom. The number of hydrogen-bond acceptors (Lipinski definition) is 8. The van der Waals surface area contributed by atoms with Crippen LogP contribution in [0.5, 0.6) is 0 Å². The van der Waals surface area contributed by atoms with Crippen LogP contribution in [0.25, 0.3) is 0 Å². The molecule has 0 saturated carbocycles. The van der Waals surface area contributed by atoms with Crippen molar-refractivity contribution >= 4 is 53.1 Å². The molecule has 2 N–H and O–H groups in total. The molecule has 2 rings (SSSR count). The number of anilines is 1. The van der Waals surface area contributed by atoms with Crippen molar-refractivity contribution in [1.29, 1.82) is 0 Å². The van der Waals surface area contributed by atoms with Crippen molar-refractivity contribution in [3.8, 4) is 0 Å². The first-order chi connectivity index (χ1) is 15.9. The Balaban J connectivity index is 2.19. The van der Waals surface area contributed by atoms with Gasteiger partial charge in [-0.2, -0.15) is 23.5 Å². The lowest BCUT2D eigenvalue weighted by atomic mass is 10.0. The third-order valence-corrected chi connectivity index (χ3v) is 6.29. The minimum absolute atomic E-state index is 0.0840. The first-order valence-corrected chi connectivity index (χ1v) is 13.4. The smallest absolute Gasteiger partial charge is 0.329 e. The molecule has 3 unspecified atom stereocenters. The summed E-state index contributed by atoms with van der Waals surface area (Å²) in [5.41, 5.74) is 1.26. The number of thioether (sulfide) groups is 2. The van der Waals surface area contributed by atoms with E-state index >= 15 is 0 Å². The summed E-state index contributed by atoms with van der Waals surface area (Å²) >= 11 is 2.84. The van der Waals surface area contributed by atoms with E-state index in [2.05, 4.69) is 10.6 Å². The Morgan fingerprint density at radius 2 is 1.52 bits per heavy atom. The molecular weight excluding hydrogens is 466 g/mol. The lowest BCUT2D eigenvalue weighted by Gasteiger charge is -2.23. The first kappa shape index (κ1) is 26.8. The SMILES string of the molecule is CCOC(=O)C(CSC)NC(=O)C1CN(C(=O)NC(CSC)C(=O)OCC)c2ccccc21. The van der Waals surface area contributed by atoms with Crippen LogP contribution in [0, 0.1) is 0 Å². The van der Waals surface area contributed by atoms with Crippen LogP contribution in [0.15, 0.2) is 24.3 Å². The zero-order valence-electron chi connectivity index (χ0n) is 19.3. The third-order valence-electron chi connectivity index (χ3n) is 4.95. The second-order valence-electron chi connectivity index (χ2n) is 7.20. The molecule has 1 heterocycles. The quantitative estimate of drug-likeness (QED) is 0.446. The summed E-state index contributed by atoms with van der Waals surface area (Å²) in [6, 6.07) is 5.03. The van der Waals surface area contributed by atoms with E-state index in [-0.39, 0.29) is 25.7 Å². The van der Waals surface area contributed by atoms with E-state index in [1.165, 1.54) is 28.4 Å². The minimum Gasteiger partial charge on any atom is -0.464 e. The highest BCUT2D eigenvalue weighted by atomic mass is 32.2. The Kier molecular flexibility index (Phi) is 10.9. The Bertz CT molecular complexity index is 786. The van der Waals surface area contributed by atoms with E-state index in [1.807, 2.05) is 12.5 Å². The van der Waals surface area contributed by atoms with Gasteiger partial charge in [0.15, 0.2) is 0 Å². The molecule has 1 aliphatic heterocycles. The van der Waals surface area contributed by atoms with Crippen molar-refractivity contribution in [1.82, 2.24) is 10.6 Å². The van der Waals surface area contributed by atoms with E-state index in [1.54, 1.807) is 38.1 Å². The van der Waals surface area contributed by atoms with Gasteiger partial charge in [-0.25, -0.2) is 14.4 Å². The molecule has 0 aromatic heterocycles. The highest BCUT2D eigenvalue weighted by Gasteiger charge is 2.38. The maximum Gasteiger partial charge on any atom is 0.329 e. The molecule has 1 aromatic rings. The van der Waals surface area contributed by atoms with Crippen LogP contribution in [-0.2, 0) is 23.9 Å². The number of benzene rings is 1. The average Bonchev–Trinajstić information content (AvgIpc) is 3.19. The van der Waals surface area contributed by atoms with Crippen molar-refractivity contribution in [3.05, 3.63) is 29.8 Å². The molecule has 33 heavy (non-hydrogen) atoms.